The second-order valence-corrected chi connectivity index (χ2v) is 18.9. The molecule has 288 valence electrons. The van der Waals surface area contributed by atoms with Crippen LogP contribution in [0, 0.1) is 6.92 Å². The number of hydrogen-bond acceptors (Lipinski definition) is 2. The van der Waals surface area contributed by atoms with Gasteiger partial charge in [0.05, 0.1) is 6.16 Å². The van der Waals surface area contributed by atoms with Crippen molar-refractivity contribution in [1.29, 1.82) is 0 Å². The Kier molecular flexibility index (Phi) is 15.7. The molecule has 0 aliphatic heterocycles. The lowest BCUT2D eigenvalue weighted by Crippen LogP contribution is -2.34. The molecule has 6 aromatic carbocycles. The highest BCUT2D eigenvalue weighted by molar-refractivity contribution is 7.95. The number of aryl methyl sites for hydroxylation is 1. The Bertz CT molecular complexity index is 2000. The minimum Gasteiger partial charge on any atom is -0.492 e. The van der Waals surface area contributed by atoms with Gasteiger partial charge in [0.15, 0.2) is 0 Å². The van der Waals surface area contributed by atoms with E-state index in [1.54, 1.807) is 5.30 Å². The highest BCUT2D eigenvalue weighted by Crippen LogP contribution is 2.56. The number of likely N-dealkylation sites (N-methyl/N-ethyl adjacent to an activating group) is 1. The van der Waals surface area contributed by atoms with Gasteiger partial charge in [0.25, 0.3) is 0 Å². The predicted octanol–water partition coefficient (Wildman–Crippen LogP) is 12.4. The van der Waals surface area contributed by atoms with Crippen LogP contribution in [-0.2, 0) is 0 Å². The molecule has 0 aromatic heterocycles. The van der Waals surface area contributed by atoms with E-state index in [4.69, 9.17) is 4.74 Å². The van der Waals surface area contributed by atoms with Crippen LogP contribution >= 0.6 is 7.26 Å². The summed E-state index contributed by atoms with van der Waals surface area (Å²) in [6, 6.07) is 62.6. The normalized spacial score (nSPS) is 12.1. The SMILES string of the molecule is Cc1ccccc1[P+](CCCCCCCCCC/C(=C(\c1ccccc1)c1ccc(OCCN(C)C)cc1)c1ccccc1)(c1ccccc1)c1ccccc1. The molecule has 6 rings (SSSR count). The van der Waals surface area contributed by atoms with E-state index < -0.39 is 7.26 Å². The molecule has 0 aliphatic carbocycles. The summed E-state index contributed by atoms with van der Waals surface area (Å²) in [5.41, 5.74) is 7.98. The fraction of sp³-hybridized carbons (Fsp3) is 0.283. The molecule has 0 aliphatic rings. The van der Waals surface area contributed by atoms with Gasteiger partial charge in [-0.2, -0.15) is 0 Å². The molecule has 0 radical (unpaired) electrons. The highest BCUT2D eigenvalue weighted by atomic mass is 31.2. The van der Waals surface area contributed by atoms with Gasteiger partial charge >= 0.3 is 0 Å². The zero-order valence-corrected chi connectivity index (χ0v) is 34.8. The molecule has 0 unspecified atom stereocenters. The van der Waals surface area contributed by atoms with Crippen molar-refractivity contribution in [2.45, 2.75) is 64.7 Å². The maximum atomic E-state index is 6.05. The van der Waals surface area contributed by atoms with Crippen LogP contribution in [-0.4, -0.2) is 38.3 Å². The van der Waals surface area contributed by atoms with E-state index in [9.17, 15) is 0 Å². The van der Waals surface area contributed by atoms with Crippen LogP contribution in [0.4, 0.5) is 0 Å². The number of ether oxygens (including phenoxy) is 1. The smallest absolute Gasteiger partial charge is 0.119 e. The van der Waals surface area contributed by atoms with Crippen molar-refractivity contribution in [3.63, 3.8) is 0 Å². The molecule has 56 heavy (non-hydrogen) atoms. The summed E-state index contributed by atoms with van der Waals surface area (Å²) in [5, 5.41) is 4.54. The third-order valence-corrected chi connectivity index (χ3v) is 15.7. The molecule has 0 amide bonds. The van der Waals surface area contributed by atoms with Gasteiger partial charge in [0.2, 0.25) is 0 Å². The maximum Gasteiger partial charge on any atom is 0.119 e. The fourth-order valence-corrected chi connectivity index (χ4v) is 12.8. The van der Waals surface area contributed by atoms with Gasteiger partial charge in [0.1, 0.15) is 35.5 Å². The van der Waals surface area contributed by atoms with Gasteiger partial charge in [-0.3, -0.25) is 0 Å². The van der Waals surface area contributed by atoms with Gasteiger partial charge in [-0.1, -0.05) is 159 Å². The molecule has 0 atom stereocenters. The summed E-state index contributed by atoms with van der Waals surface area (Å²) in [7, 11) is 2.38. The first kappa shape index (κ1) is 40.9. The van der Waals surface area contributed by atoms with Gasteiger partial charge in [-0.25, -0.2) is 0 Å². The standard InChI is InChI=1S/C53H61NOP/c1-44-26-23-24-36-52(44)56(49-31-18-12-19-32-49,50-33-20-13-21-34-50)43-25-9-7-5-4-6-8-22-35-51(45-27-14-10-15-28-45)53(46-29-16-11-17-30-46)47-37-39-48(40-38-47)55-42-41-54(2)3/h10-21,23-24,26-34,36-40H,4-9,22,25,35,41-43H2,1-3H3/q+1/b53-51-. The molecule has 0 N–H and O–H groups in total. The Labute approximate surface area is 338 Å². The summed E-state index contributed by atoms with van der Waals surface area (Å²) in [5.74, 6) is 0.920. The van der Waals surface area contributed by atoms with Crippen molar-refractivity contribution in [2.24, 2.45) is 0 Å². The summed E-state index contributed by atoms with van der Waals surface area (Å²) in [6.07, 6.45) is 12.5. The molecule has 0 saturated heterocycles. The molecular weight excluding hydrogens is 698 g/mol. The van der Waals surface area contributed by atoms with Crippen LogP contribution in [0.3, 0.4) is 0 Å². The predicted molar refractivity (Wildman–Crippen MR) is 246 cm³/mol. The first-order valence-corrected chi connectivity index (χ1v) is 22.8. The van der Waals surface area contributed by atoms with Crippen molar-refractivity contribution in [2.75, 3.05) is 33.4 Å². The topological polar surface area (TPSA) is 12.5 Å². The largest absolute Gasteiger partial charge is 0.492 e. The quantitative estimate of drug-likeness (QED) is 0.0412. The fourth-order valence-electron chi connectivity index (χ4n) is 8.11. The lowest BCUT2D eigenvalue weighted by molar-refractivity contribution is 0.261. The number of nitrogens with zero attached hydrogens (tertiary/aromatic N) is 1. The Morgan fingerprint density at radius 1 is 0.482 bits per heavy atom. The van der Waals surface area contributed by atoms with Crippen molar-refractivity contribution in [3.05, 3.63) is 192 Å². The number of rotatable bonds is 21. The number of unbranched alkanes of at least 4 members (excludes halogenated alkanes) is 7. The average molecular weight is 759 g/mol. The van der Waals surface area contributed by atoms with E-state index in [0.29, 0.717) is 6.61 Å². The Morgan fingerprint density at radius 3 is 1.50 bits per heavy atom. The molecule has 0 heterocycles. The first-order chi connectivity index (χ1) is 27.6. The van der Waals surface area contributed by atoms with Crippen molar-refractivity contribution in [3.8, 4) is 5.75 Å². The number of hydrogen-bond donors (Lipinski definition) is 0. The minimum absolute atomic E-state index is 0.682. The Hall–Kier alpha value is -4.75. The molecule has 0 bridgehead atoms. The average Bonchev–Trinajstić information content (AvgIpc) is 3.24. The van der Waals surface area contributed by atoms with E-state index in [-0.39, 0.29) is 0 Å². The molecule has 0 spiro atoms. The van der Waals surface area contributed by atoms with E-state index in [0.717, 1.165) is 18.7 Å². The van der Waals surface area contributed by atoms with Crippen LogP contribution in [0.5, 0.6) is 5.75 Å². The summed E-state index contributed by atoms with van der Waals surface area (Å²) >= 11 is 0. The van der Waals surface area contributed by atoms with E-state index in [2.05, 4.69) is 196 Å². The zero-order chi connectivity index (χ0) is 38.8. The Morgan fingerprint density at radius 2 is 0.946 bits per heavy atom. The molecule has 3 heteroatoms. The van der Waals surface area contributed by atoms with Gasteiger partial charge < -0.3 is 9.64 Å². The van der Waals surface area contributed by atoms with Crippen molar-refractivity contribution < 1.29 is 4.74 Å². The van der Waals surface area contributed by atoms with E-state index in [1.807, 2.05) is 0 Å². The zero-order valence-electron chi connectivity index (χ0n) is 34.0. The van der Waals surface area contributed by atoms with Crippen LogP contribution < -0.4 is 20.7 Å². The molecular formula is C53H61NOP+. The van der Waals surface area contributed by atoms with Crippen LogP contribution in [0.1, 0.15) is 80.0 Å². The van der Waals surface area contributed by atoms with Crippen LogP contribution in [0.25, 0.3) is 11.1 Å². The number of benzene rings is 6. The van der Waals surface area contributed by atoms with Gasteiger partial charge in [0, 0.05) is 6.54 Å². The van der Waals surface area contributed by atoms with Crippen molar-refractivity contribution in [1.82, 2.24) is 4.90 Å². The second kappa shape index (κ2) is 21.5. The van der Waals surface area contributed by atoms with E-state index >= 15 is 0 Å². The molecule has 2 nitrogen and oxygen atoms in total. The lowest BCUT2D eigenvalue weighted by Gasteiger charge is -2.29. The molecule has 0 fully saturated rings. The van der Waals surface area contributed by atoms with Gasteiger partial charge in [-0.15, -0.1) is 0 Å². The first-order valence-electron chi connectivity index (χ1n) is 20.8. The third kappa shape index (κ3) is 11.0. The third-order valence-electron chi connectivity index (χ3n) is 11.0. The van der Waals surface area contributed by atoms with Crippen molar-refractivity contribution >= 4 is 34.3 Å². The van der Waals surface area contributed by atoms with Crippen LogP contribution in [0.15, 0.2) is 170 Å². The van der Waals surface area contributed by atoms with Crippen LogP contribution in [0.2, 0.25) is 0 Å². The monoisotopic (exact) mass is 758 g/mol. The van der Waals surface area contributed by atoms with E-state index in [1.165, 1.54) is 102 Å². The molecule has 6 aromatic rings. The molecule has 0 saturated carbocycles. The minimum atomic E-state index is -1.77. The Balaban J connectivity index is 1.07. The van der Waals surface area contributed by atoms with Gasteiger partial charge in [-0.05, 0) is 123 Å². The number of allylic oxidation sites excluding steroid dienone is 1. The highest BCUT2D eigenvalue weighted by Gasteiger charge is 2.45. The summed E-state index contributed by atoms with van der Waals surface area (Å²) in [4.78, 5) is 2.15. The maximum absolute atomic E-state index is 6.05. The summed E-state index contributed by atoms with van der Waals surface area (Å²) < 4.78 is 6.05. The summed E-state index contributed by atoms with van der Waals surface area (Å²) in [6.45, 7) is 3.88. The second-order valence-electron chi connectivity index (χ2n) is 15.3. The lowest BCUT2D eigenvalue weighted by atomic mass is 9.86.